The maximum Gasteiger partial charge on any atom is 0.335 e. The van der Waals surface area contributed by atoms with E-state index in [1.165, 1.54) is 47.6 Å². The summed E-state index contributed by atoms with van der Waals surface area (Å²) in [6, 6.07) is 19.7. The Kier molecular flexibility index (Phi) is 6.14. The molecule has 186 valence electrons. The standard InChI is InChI=1S/C27H22FN5O4/c1-36-19-12-13-21(37-2)20(14-19)25-30-22(24(29)34)23-26(31-25)33(18-10-8-17(28)9-11-18)27(35)32(23)15-16-6-4-3-5-7-16/h3-14H,15H2,1-2H3,(H2,29,34). The van der Waals surface area contributed by atoms with Crippen LogP contribution in [0.1, 0.15) is 16.1 Å². The van der Waals surface area contributed by atoms with Crippen molar-refractivity contribution >= 4 is 17.1 Å². The van der Waals surface area contributed by atoms with Crippen LogP contribution in [-0.2, 0) is 6.54 Å². The fourth-order valence-electron chi connectivity index (χ4n) is 4.17. The number of amides is 1. The molecule has 0 bridgehead atoms. The number of carbonyl (C=O) groups excluding carboxylic acids is 1. The maximum absolute atomic E-state index is 13.8. The van der Waals surface area contributed by atoms with Crippen molar-refractivity contribution in [2.45, 2.75) is 6.54 Å². The van der Waals surface area contributed by atoms with E-state index in [9.17, 15) is 14.0 Å². The minimum Gasteiger partial charge on any atom is -0.497 e. The fraction of sp³-hybridized carbons (Fsp3) is 0.111. The normalized spacial score (nSPS) is 11.0. The highest BCUT2D eigenvalue weighted by Gasteiger charge is 2.25. The van der Waals surface area contributed by atoms with E-state index in [-0.39, 0.29) is 29.2 Å². The van der Waals surface area contributed by atoms with E-state index in [0.717, 1.165) is 5.56 Å². The summed E-state index contributed by atoms with van der Waals surface area (Å²) in [4.78, 5) is 35.6. The van der Waals surface area contributed by atoms with Gasteiger partial charge < -0.3 is 15.2 Å². The lowest BCUT2D eigenvalue weighted by molar-refractivity contribution is 0.0997. The lowest BCUT2D eigenvalue weighted by Gasteiger charge is -2.11. The summed E-state index contributed by atoms with van der Waals surface area (Å²) >= 11 is 0. The molecule has 5 aromatic rings. The molecule has 2 N–H and O–H groups in total. The zero-order chi connectivity index (χ0) is 26.1. The number of nitrogens with two attached hydrogens (primary N) is 1. The first-order valence-electron chi connectivity index (χ1n) is 11.3. The SMILES string of the molecule is COc1ccc(OC)c(-c2nc(C(N)=O)c3c(n2)n(-c2ccc(F)cc2)c(=O)n3Cc2ccccc2)c1. The van der Waals surface area contributed by atoms with Gasteiger partial charge in [-0.1, -0.05) is 30.3 Å². The van der Waals surface area contributed by atoms with Crippen LogP contribution in [0.3, 0.4) is 0 Å². The third kappa shape index (κ3) is 4.29. The molecule has 0 aliphatic heterocycles. The zero-order valence-corrected chi connectivity index (χ0v) is 20.0. The number of nitrogens with zero attached hydrogens (tertiary/aromatic N) is 4. The van der Waals surface area contributed by atoms with Crippen LogP contribution in [0.15, 0.2) is 77.6 Å². The molecular weight excluding hydrogens is 477 g/mol. The maximum atomic E-state index is 13.8. The number of fused-ring (bicyclic) bond motifs is 1. The molecule has 2 heterocycles. The highest BCUT2D eigenvalue weighted by Crippen LogP contribution is 2.33. The van der Waals surface area contributed by atoms with Crippen molar-refractivity contribution in [1.82, 2.24) is 19.1 Å². The van der Waals surface area contributed by atoms with E-state index >= 15 is 0 Å². The number of hydrogen-bond acceptors (Lipinski definition) is 6. The number of carbonyl (C=O) groups is 1. The van der Waals surface area contributed by atoms with E-state index in [0.29, 0.717) is 22.7 Å². The van der Waals surface area contributed by atoms with Gasteiger partial charge in [0.1, 0.15) is 22.8 Å². The van der Waals surface area contributed by atoms with E-state index in [2.05, 4.69) is 9.97 Å². The number of hydrogen-bond donors (Lipinski definition) is 1. The van der Waals surface area contributed by atoms with Crippen molar-refractivity contribution in [3.63, 3.8) is 0 Å². The minimum absolute atomic E-state index is 0.102. The Labute approximate surface area is 210 Å². The van der Waals surface area contributed by atoms with Gasteiger partial charge in [0.25, 0.3) is 5.91 Å². The Hall–Kier alpha value is -4.99. The first-order valence-corrected chi connectivity index (χ1v) is 11.3. The third-order valence-electron chi connectivity index (χ3n) is 5.92. The number of halogens is 1. The molecule has 0 atom stereocenters. The van der Waals surface area contributed by atoms with Crippen LogP contribution >= 0.6 is 0 Å². The number of ether oxygens (including phenoxy) is 2. The Bertz CT molecular complexity index is 1680. The first-order chi connectivity index (χ1) is 17.9. The molecular formula is C27H22FN5O4. The molecule has 0 aliphatic carbocycles. The highest BCUT2D eigenvalue weighted by molar-refractivity contribution is 6.02. The number of primary amides is 1. The third-order valence-corrected chi connectivity index (χ3v) is 5.92. The molecule has 0 spiro atoms. The monoisotopic (exact) mass is 499 g/mol. The number of methoxy groups -OCH3 is 2. The molecule has 5 rings (SSSR count). The van der Waals surface area contributed by atoms with Gasteiger partial charge in [0.15, 0.2) is 17.2 Å². The second kappa shape index (κ2) is 9.57. The first kappa shape index (κ1) is 23.7. The van der Waals surface area contributed by atoms with E-state index in [4.69, 9.17) is 15.2 Å². The summed E-state index contributed by atoms with van der Waals surface area (Å²) in [5.41, 5.74) is 7.05. The zero-order valence-electron chi connectivity index (χ0n) is 20.0. The van der Waals surface area contributed by atoms with Gasteiger partial charge in [-0.2, -0.15) is 0 Å². The van der Waals surface area contributed by atoms with Gasteiger partial charge in [0, 0.05) is 0 Å². The lowest BCUT2D eigenvalue weighted by atomic mass is 10.1. The van der Waals surface area contributed by atoms with Crippen molar-refractivity contribution in [1.29, 1.82) is 0 Å². The molecule has 1 amide bonds. The summed E-state index contributed by atoms with van der Waals surface area (Å²) in [7, 11) is 3.00. The fourth-order valence-corrected chi connectivity index (χ4v) is 4.17. The largest absolute Gasteiger partial charge is 0.497 e. The van der Waals surface area contributed by atoms with Crippen LogP contribution in [0.4, 0.5) is 4.39 Å². The van der Waals surface area contributed by atoms with Crippen LogP contribution in [0, 0.1) is 5.82 Å². The molecule has 2 aromatic heterocycles. The molecule has 10 heteroatoms. The summed E-state index contributed by atoms with van der Waals surface area (Å²) in [6.45, 7) is 0.135. The second-order valence-electron chi connectivity index (χ2n) is 8.16. The van der Waals surface area contributed by atoms with Gasteiger partial charge in [-0.05, 0) is 48.0 Å². The Morgan fingerprint density at radius 3 is 2.35 bits per heavy atom. The quantitative estimate of drug-likeness (QED) is 0.366. The van der Waals surface area contributed by atoms with Gasteiger partial charge in [-0.3, -0.25) is 9.36 Å². The predicted octanol–water partition coefficient (Wildman–Crippen LogP) is 3.55. The average Bonchev–Trinajstić information content (AvgIpc) is 3.19. The Morgan fingerprint density at radius 2 is 1.70 bits per heavy atom. The summed E-state index contributed by atoms with van der Waals surface area (Å²) in [5, 5.41) is 0. The molecule has 3 aromatic carbocycles. The van der Waals surface area contributed by atoms with Gasteiger partial charge in [-0.15, -0.1) is 0 Å². The van der Waals surface area contributed by atoms with E-state index < -0.39 is 17.4 Å². The predicted molar refractivity (Wildman–Crippen MR) is 136 cm³/mol. The number of rotatable bonds is 7. The summed E-state index contributed by atoms with van der Waals surface area (Å²) in [6.07, 6.45) is 0. The molecule has 0 saturated heterocycles. The van der Waals surface area contributed by atoms with Crippen molar-refractivity contribution < 1.29 is 18.7 Å². The smallest absolute Gasteiger partial charge is 0.335 e. The van der Waals surface area contributed by atoms with Crippen LogP contribution < -0.4 is 20.9 Å². The average molecular weight is 500 g/mol. The van der Waals surface area contributed by atoms with Crippen LogP contribution in [0.5, 0.6) is 11.5 Å². The Morgan fingerprint density at radius 1 is 0.973 bits per heavy atom. The van der Waals surface area contributed by atoms with Crippen molar-refractivity contribution in [2.24, 2.45) is 5.73 Å². The molecule has 0 fully saturated rings. The molecule has 0 aliphatic rings. The van der Waals surface area contributed by atoms with E-state index in [1.54, 1.807) is 18.2 Å². The van der Waals surface area contributed by atoms with Crippen LogP contribution in [0.2, 0.25) is 0 Å². The lowest BCUT2D eigenvalue weighted by Crippen LogP contribution is -2.24. The molecule has 0 unspecified atom stereocenters. The van der Waals surface area contributed by atoms with Crippen molar-refractivity contribution in [3.8, 4) is 28.6 Å². The molecule has 9 nitrogen and oxygen atoms in total. The van der Waals surface area contributed by atoms with Crippen molar-refractivity contribution in [3.05, 3.63) is 100 Å². The van der Waals surface area contributed by atoms with Gasteiger partial charge in [-0.25, -0.2) is 23.7 Å². The second-order valence-corrected chi connectivity index (χ2v) is 8.16. The van der Waals surface area contributed by atoms with Gasteiger partial charge in [0.05, 0.1) is 32.0 Å². The van der Waals surface area contributed by atoms with E-state index in [1.807, 2.05) is 30.3 Å². The minimum atomic E-state index is -0.839. The Balaban J connectivity index is 1.87. The molecule has 0 saturated carbocycles. The van der Waals surface area contributed by atoms with Crippen molar-refractivity contribution in [2.75, 3.05) is 14.2 Å². The topological polar surface area (TPSA) is 114 Å². The molecule has 37 heavy (non-hydrogen) atoms. The highest BCUT2D eigenvalue weighted by atomic mass is 19.1. The van der Waals surface area contributed by atoms with Gasteiger partial charge >= 0.3 is 5.69 Å². The van der Waals surface area contributed by atoms with Crippen LogP contribution in [-0.4, -0.2) is 39.2 Å². The number of aromatic nitrogens is 4. The number of imidazole rings is 1. The summed E-state index contributed by atoms with van der Waals surface area (Å²) < 4.78 is 27.2. The van der Waals surface area contributed by atoms with Gasteiger partial charge in [0.2, 0.25) is 0 Å². The molecule has 0 radical (unpaired) electrons. The van der Waals surface area contributed by atoms with Crippen LogP contribution in [0.25, 0.3) is 28.2 Å². The summed E-state index contributed by atoms with van der Waals surface area (Å²) in [5.74, 6) is -0.259. The number of benzene rings is 3.